The fraction of sp³-hybridized carbons (Fsp3) is 0.950. The first-order valence-electron chi connectivity index (χ1n) is 20.5. The van der Waals surface area contributed by atoms with Crippen molar-refractivity contribution in [1.82, 2.24) is 9.80 Å². The predicted molar refractivity (Wildman–Crippen MR) is 200 cm³/mol. The highest BCUT2D eigenvalue weighted by Crippen LogP contribution is 2.15. The van der Waals surface area contributed by atoms with E-state index in [0.717, 1.165) is 116 Å². The first kappa shape index (κ1) is 46.8. The summed E-state index contributed by atoms with van der Waals surface area (Å²) in [5, 5.41) is 19.2. The lowest BCUT2D eigenvalue weighted by Gasteiger charge is -2.27. The largest absolute Gasteiger partial charge is 0.462 e. The molecule has 8 heteroatoms. The van der Waals surface area contributed by atoms with Crippen LogP contribution >= 0.6 is 0 Å². The second-order valence-electron chi connectivity index (χ2n) is 13.9. The zero-order valence-corrected chi connectivity index (χ0v) is 32.2. The highest BCUT2D eigenvalue weighted by molar-refractivity contribution is 5.69. The molecule has 8 nitrogen and oxygen atoms in total. The molecular formula is C40H80N2O6. The molecule has 0 aromatic carbocycles. The highest BCUT2D eigenvalue weighted by atomic mass is 16.5. The normalized spacial score (nSPS) is 12.9. The molecule has 0 aliphatic carbocycles. The van der Waals surface area contributed by atoms with E-state index < -0.39 is 0 Å². The lowest BCUT2D eigenvalue weighted by atomic mass is 10.1. The number of aliphatic hydroxyl groups excluding tert-OH is 2. The van der Waals surface area contributed by atoms with Crippen LogP contribution in [0.3, 0.4) is 0 Å². The van der Waals surface area contributed by atoms with Crippen LogP contribution in [0.4, 0.5) is 0 Å². The Labute approximate surface area is 297 Å². The topological polar surface area (TPSA) is 99.5 Å². The summed E-state index contributed by atoms with van der Waals surface area (Å²) in [6.07, 6.45) is 25.3. The Hall–Kier alpha value is -1.22. The molecule has 48 heavy (non-hydrogen) atoms. The van der Waals surface area contributed by atoms with Crippen LogP contribution in [0.5, 0.6) is 0 Å². The SMILES string of the molecule is CCCCCC(CC)OC(=O)CCCCCCCCN(CCO)CCN(CCO)CCCCCCCCC(=O)OC(CC)CCCCC. The fourth-order valence-corrected chi connectivity index (χ4v) is 6.29. The summed E-state index contributed by atoms with van der Waals surface area (Å²) in [6.45, 7) is 14.1. The molecule has 2 N–H and O–H groups in total. The van der Waals surface area contributed by atoms with E-state index >= 15 is 0 Å². The summed E-state index contributed by atoms with van der Waals surface area (Å²) in [6, 6.07) is 0. The third-order valence-corrected chi connectivity index (χ3v) is 9.54. The van der Waals surface area contributed by atoms with Gasteiger partial charge in [-0.1, -0.05) is 105 Å². The third-order valence-electron chi connectivity index (χ3n) is 9.54. The van der Waals surface area contributed by atoms with Crippen molar-refractivity contribution in [1.29, 1.82) is 0 Å². The van der Waals surface area contributed by atoms with Crippen molar-refractivity contribution in [3.63, 3.8) is 0 Å². The van der Waals surface area contributed by atoms with Crippen molar-refractivity contribution in [2.75, 3.05) is 52.5 Å². The van der Waals surface area contributed by atoms with Gasteiger partial charge in [0.25, 0.3) is 0 Å². The van der Waals surface area contributed by atoms with Crippen LogP contribution in [0.25, 0.3) is 0 Å². The van der Waals surface area contributed by atoms with E-state index in [-0.39, 0.29) is 37.4 Å². The van der Waals surface area contributed by atoms with Gasteiger partial charge in [-0.25, -0.2) is 0 Å². The molecule has 0 saturated heterocycles. The first-order chi connectivity index (χ1) is 23.4. The van der Waals surface area contributed by atoms with Gasteiger partial charge in [-0.05, 0) is 77.3 Å². The zero-order valence-electron chi connectivity index (χ0n) is 32.2. The zero-order chi connectivity index (χ0) is 35.5. The van der Waals surface area contributed by atoms with Gasteiger partial charge in [0.05, 0.1) is 13.2 Å². The number of nitrogens with zero attached hydrogens (tertiary/aromatic N) is 2. The maximum atomic E-state index is 12.2. The van der Waals surface area contributed by atoms with E-state index in [9.17, 15) is 19.8 Å². The number of esters is 2. The average Bonchev–Trinajstić information content (AvgIpc) is 3.08. The van der Waals surface area contributed by atoms with Crippen LogP contribution < -0.4 is 0 Å². The Morgan fingerprint density at radius 3 is 1.15 bits per heavy atom. The molecule has 0 saturated carbocycles. The standard InChI is InChI=1S/C40H80N2O6/c1-5-9-19-25-37(7-3)47-39(45)27-21-15-11-13-17-23-29-41(33-35-43)31-32-42(34-36-44)30-24-18-14-12-16-22-28-40(46)48-38(8-4)26-20-10-6-2/h37-38,43-44H,5-36H2,1-4H3. The minimum absolute atomic E-state index is 0.0303. The van der Waals surface area contributed by atoms with Crippen LogP contribution in [0.2, 0.25) is 0 Å². The number of carbonyl (C=O) groups excluding carboxylic acids is 2. The average molecular weight is 685 g/mol. The molecule has 2 unspecified atom stereocenters. The third kappa shape index (κ3) is 29.7. The smallest absolute Gasteiger partial charge is 0.306 e. The molecule has 0 spiro atoms. The van der Waals surface area contributed by atoms with E-state index in [2.05, 4.69) is 37.5 Å². The minimum Gasteiger partial charge on any atom is -0.462 e. The number of carbonyl (C=O) groups is 2. The molecule has 0 radical (unpaired) electrons. The number of aliphatic hydroxyl groups is 2. The van der Waals surface area contributed by atoms with E-state index in [4.69, 9.17) is 9.47 Å². The molecule has 0 rings (SSSR count). The molecule has 2 atom stereocenters. The van der Waals surface area contributed by atoms with Crippen LogP contribution in [-0.4, -0.2) is 96.6 Å². The van der Waals surface area contributed by atoms with Gasteiger partial charge in [0, 0.05) is 39.0 Å². The van der Waals surface area contributed by atoms with E-state index in [1.807, 2.05) is 0 Å². The molecular weight excluding hydrogens is 604 g/mol. The molecule has 0 aliphatic rings. The fourth-order valence-electron chi connectivity index (χ4n) is 6.29. The number of hydrogen-bond donors (Lipinski definition) is 2. The number of rotatable bonds is 37. The van der Waals surface area contributed by atoms with Crippen molar-refractivity contribution < 1.29 is 29.3 Å². The van der Waals surface area contributed by atoms with Gasteiger partial charge in [-0.3, -0.25) is 19.4 Å². The summed E-state index contributed by atoms with van der Waals surface area (Å²) in [5.74, 6) is -0.0605. The molecule has 0 amide bonds. The quantitative estimate of drug-likeness (QED) is 0.0495. The van der Waals surface area contributed by atoms with E-state index in [1.54, 1.807) is 0 Å². The van der Waals surface area contributed by atoms with Crippen molar-refractivity contribution in [3.05, 3.63) is 0 Å². The van der Waals surface area contributed by atoms with Gasteiger partial charge in [0.2, 0.25) is 0 Å². The molecule has 0 bridgehead atoms. The molecule has 0 heterocycles. The Balaban J connectivity index is 4.01. The Bertz CT molecular complexity index is 651. The predicted octanol–water partition coefficient (Wildman–Crippen LogP) is 8.84. The Morgan fingerprint density at radius 2 is 0.812 bits per heavy atom. The van der Waals surface area contributed by atoms with Crippen LogP contribution in [-0.2, 0) is 19.1 Å². The summed E-state index contributed by atoms with van der Waals surface area (Å²) >= 11 is 0. The van der Waals surface area contributed by atoms with E-state index in [1.165, 1.54) is 51.4 Å². The highest BCUT2D eigenvalue weighted by Gasteiger charge is 2.14. The molecule has 0 aliphatic heterocycles. The summed E-state index contributed by atoms with van der Waals surface area (Å²) in [7, 11) is 0. The molecule has 0 aromatic heterocycles. The van der Waals surface area contributed by atoms with Crippen molar-refractivity contribution in [2.45, 2.75) is 194 Å². The lowest BCUT2D eigenvalue weighted by molar-refractivity contribution is -0.150. The van der Waals surface area contributed by atoms with Crippen LogP contribution in [0.1, 0.15) is 182 Å². The maximum Gasteiger partial charge on any atom is 0.306 e. The van der Waals surface area contributed by atoms with Gasteiger partial charge in [0.1, 0.15) is 12.2 Å². The molecule has 0 aromatic rings. The summed E-state index contributed by atoms with van der Waals surface area (Å²) in [5.41, 5.74) is 0. The first-order valence-corrected chi connectivity index (χ1v) is 20.5. The Kier molecular flexibility index (Phi) is 34.7. The number of unbranched alkanes of at least 4 members (excludes halogenated alkanes) is 14. The van der Waals surface area contributed by atoms with Crippen molar-refractivity contribution >= 4 is 11.9 Å². The molecule has 0 fully saturated rings. The van der Waals surface area contributed by atoms with Crippen molar-refractivity contribution in [2.24, 2.45) is 0 Å². The molecule has 286 valence electrons. The van der Waals surface area contributed by atoms with Gasteiger partial charge >= 0.3 is 11.9 Å². The second-order valence-corrected chi connectivity index (χ2v) is 13.9. The summed E-state index contributed by atoms with van der Waals surface area (Å²) < 4.78 is 11.3. The maximum absolute atomic E-state index is 12.2. The van der Waals surface area contributed by atoms with Crippen LogP contribution in [0, 0.1) is 0 Å². The van der Waals surface area contributed by atoms with Gasteiger partial charge in [-0.2, -0.15) is 0 Å². The van der Waals surface area contributed by atoms with Crippen molar-refractivity contribution in [3.8, 4) is 0 Å². The van der Waals surface area contributed by atoms with Crippen LogP contribution in [0.15, 0.2) is 0 Å². The minimum atomic E-state index is -0.0303. The Morgan fingerprint density at radius 1 is 0.458 bits per heavy atom. The van der Waals surface area contributed by atoms with Gasteiger partial charge in [0.15, 0.2) is 0 Å². The van der Waals surface area contributed by atoms with Gasteiger partial charge in [-0.15, -0.1) is 0 Å². The lowest BCUT2D eigenvalue weighted by Crippen LogP contribution is -2.38. The number of ether oxygens (including phenoxy) is 2. The monoisotopic (exact) mass is 685 g/mol. The van der Waals surface area contributed by atoms with Gasteiger partial charge < -0.3 is 19.7 Å². The second kappa shape index (κ2) is 35.6. The summed E-state index contributed by atoms with van der Waals surface area (Å²) in [4.78, 5) is 29.1. The van der Waals surface area contributed by atoms with E-state index in [0.29, 0.717) is 25.9 Å². The number of hydrogen-bond acceptors (Lipinski definition) is 8.